The topological polar surface area (TPSA) is 22.1 Å². The van der Waals surface area contributed by atoms with Crippen LogP contribution in [-0.4, -0.2) is 12.1 Å². The van der Waals surface area contributed by atoms with Crippen LogP contribution in [0.4, 0.5) is 8.78 Å². The molecule has 0 aliphatic heterocycles. The minimum atomic E-state index is -2.62. The van der Waals surface area contributed by atoms with E-state index in [0.29, 0.717) is 5.56 Å². The number of methoxy groups -OCH3 is 1. The summed E-state index contributed by atoms with van der Waals surface area (Å²) in [5, 5.41) is 0. The van der Waals surface area contributed by atoms with Gasteiger partial charge >= 0.3 is 0 Å². The zero-order valence-corrected chi connectivity index (χ0v) is 7.68. The molecule has 72 valence electrons. The Labute approximate surface area is 79.5 Å². The summed E-state index contributed by atoms with van der Waals surface area (Å²) in [6.45, 7) is 0. The average Bonchev–Trinajstić information content (AvgIpc) is 2.16. The highest BCUT2D eigenvalue weighted by molar-refractivity contribution is 6.17. The highest BCUT2D eigenvalue weighted by atomic mass is 35.5. The van der Waals surface area contributed by atoms with E-state index in [1.54, 1.807) is 0 Å². The largest absolute Gasteiger partial charge is 0.481 e. The predicted octanol–water partition coefficient (Wildman–Crippen LogP) is 2.77. The summed E-state index contributed by atoms with van der Waals surface area (Å²) in [6.07, 6.45) is -2.62. The van der Waals surface area contributed by atoms with Crippen molar-refractivity contribution >= 4 is 11.6 Å². The number of aromatic nitrogens is 1. The van der Waals surface area contributed by atoms with Gasteiger partial charge in [-0.05, 0) is 5.56 Å². The molecule has 0 aromatic carbocycles. The van der Waals surface area contributed by atoms with Crippen molar-refractivity contribution in [3.05, 3.63) is 23.4 Å². The number of alkyl halides is 3. The summed E-state index contributed by atoms with van der Waals surface area (Å²) >= 11 is 5.46. The second-order valence-corrected chi connectivity index (χ2v) is 2.60. The van der Waals surface area contributed by atoms with Crippen LogP contribution in [0.3, 0.4) is 0 Å². The average molecular weight is 208 g/mol. The third-order valence-corrected chi connectivity index (χ3v) is 1.83. The fourth-order valence-corrected chi connectivity index (χ4v) is 1.13. The summed E-state index contributed by atoms with van der Waals surface area (Å²) in [7, 11) is 1.37. The van der Waals surface area contributed by atoms with Gasteiger partial charge in [0.25, 0.3) is 6.43 Å². The number of rotatable bonds is 3. The van der Waals surface area contributed by atoms with Crippen LogP contribution in [0, 0.1) is 0 Å². The first kappa shape index (κ1) is 10.2. The van der Waals surface area contributed by atoms with E-state index in [1.807, 2.05) is 0 Å². The van der Waals surface area contributed by atoms with Gasteiger partial charge in [-0.3, -0.25) is 0 Å². The van der Waals surface area contributed by atoms with Crippen molar-refractivity contribution in [2.45, 2.75) is 12.3 Å². The molecule has 0 radical (unpaired) electrons. The van der Waals surface area contributed by atoms with Gasteiger partial charge in [0.15, 0.2) is 0 Å². The van der Waals surface area contributed by atoms with E-state index in [4.69, 9.17) is 16.3 Å². The lowest BCUT2D eigenvalue weighted by Gasteiger charge is -2.06. The third-order valence-electron chi connectivity index (χ3n) is 1.55. The predicted molar refractivity (Wildman–Crippen MR) is 45.3 cm³/mol. The second kappa shape index (κ2) is 4.37. The van der Waals surface area contributed by atoms with Crippen molar-refractivity contribution in [2.75, 3.05) is 7.11 Å². The summed E-state index contributed by atoms with van der Waals surface area (Å²) in [4.78, 5) is 3.60. The first-order chi connectivity index (χ1) is 6.19. The number of halogens is 3. The summed E-state index contributed by atoms with van der Waals surface area (Å²) in [5.41, 5.74) is 0.0202. The minimum absolute atomic E-state index is 0.0245. The maximum Gasteiger partial charge on any atom is 0.280 e. The lowest BCUT2D eigenvalue weighted by atomic mass is 10.2. The zero-order valence-electron chi connectivity index (χ0n) is 6.93. The van der Waals surface area contributed by atoms with Crippen LogP contribution in [0.2, 0.25) is 0 Å². The van der Waals surface area contributed by atoms with Gasteiger partial charge in [-0.25, -0.2) is 13.8 Å². The van der Waals surface area contributed by atoms with Crippen molar-refractivity contribution in [1.29, 1.82) is 0 Å². The Kier molecular flexibility index (Phi) is 3.42. The molecule has 0 aliphatic rings. The molecular formula is C8H8ClF2NO. The molecule has 0 amide bonds. The zero-order chi connectivity index (χ0) is 9.84. The van der Waals surface area contributed by atoms with E-state index in [9.17, 15) is 8.78 Å². The minimum Gasteiger partial charge on any atom is -0.481 e. The fourth-order valence-electron chi connectivity index (χ4n) is 0.901. The Balaban J connectivity index is 3.10. The van der Waals surface area contributed by atoms with Crippen molar-refractivity contribution in [3.63, 3.8) is 0 Å². The molecule has 0 unspecified atom stereocenters. The molecule has 0 fully saturated rings. The highest BCUT2D eigenvalue weighted by Gasteiger charge is 2.15. The molecule has 1 rings (SSSR count). The molecule has 5 heteroatoms. The van der Waals surface area contributed by atoms with Gasteiger partial charge < -0.3 is 4.74 Å². The Morgan fingerprint density at radius 2 is 2.23 bits per heavy atom. The Bertz CT molecular complexity index is 293. The Morgan fingerprint density at radius 3 is 2.69 bits per heavy atom. The number of pyridine rings is 1. The maximum atomic E-state index is 12.4. The molecule has 0 bridgehead atoms. The molecule has 0 spiro atoms. The summed E-state index contributed by atoms with van der Waals surface area (Å²) in [6, 6.07) is 2.99. The first-order valence-corrected chi connectivity index (χ1v) is 4.10. The molecule has 0 aliphatic carbocycles. The van der Waals surface area contributed by atoms with Crippen LogP contribution >= 0.6 is 11.6 Å². The van der Waals surface area contributed by atoms with Crippen LogP contribution in [-0.2, 0) is 5.88 Å². The van der Waals surface area contributed by atoms with Crippen LogP contribution < -0.4 is 4.74 Å². The van der Waals surface area contributed by atoms with Crippen molar-refractivity contribution in [3.8, 4) is 5.88 Å². The fraction of sp³-hybridized carbons (Fsp3) is 0.375. The van der Waals surface area contributed by atoms with Crippen molar-refractivity contribution < 1.29 is 13.5 Å². The first-order valence-electron chi connectivity index (χ1n) is 3.57. The van der Waals surface area contributed by atoms with Crippen LogP contribution in [0.15, 0.2) is 12.1 Å². The van der Waals surface area contributed by atoms with Gasteiger partial charge in [0.05, 0.1) is 7.11 Å². The SMILES string of the molecule is COc1ccc(CCl)c(C(F)F)n1. The smallest absolute Gasteiger partial charge is 0.280 e. The molecular weight excluding hydrogens is 200 g/mol. The van der Waals surface area contributed by atoms with Crippen molar-refractivity contribution in [1.82, 2.24) is 4.98 Å². The van der Waals surface area contributed by atoms with Crippen LogP contribution in [0.1, 0.15) is 17.7 Å². The summed E-state index contributed by atoms with van der Waals surface area (Å²) < 4.78 is 29.4. The summed E-state index contributed by atoms with van der Waals surface area (Å²) in [5.74, 6) is 0.195. The molecule has 0 atom stereocenters. The van der Waals surface area contributed by atoms with Gasteiger partial charge in [-0.15, -0.1) is 11.6 Å². The van der Waals surface area contributed by atoms with Gasteiger partial charge in [-0.1, -0.05) is 6.07 Å². The lowest BCUT2D eigenvalue weighted by Crippen LogP contribution is -1.98. The van der Waals surface area contributed by atoms with E-state index < -0.39 is 6.43 Å². The van der Waals surface area contributed by atoms with E-state index in [-0.39, 0.29) is 17.5 Å². The van der Waals surface area contributed by atoms with E-state index in [0.717, 1.165) is 0 Å². The van der Waals surface area contributed by atoms with Gasteiger partial charge in [0.1, 0.15) is 5.69 Å². The number of ether oxygens (including phenoxy) is 1. The van der Waals surface area contributed by atoms with Crippen LogP contribution in [0.25, 0.3) is 0 Å². The second-order valence-electron chi connectivity index (χ2n) is 2.33. The maximum absolute atomic E-state index is 12.4. The Morgan fingerprint density at radius 1 is 1.54 bits per heavy atom. The molecule has 1 aromatic rings. The van der Waals surface area contributed by atoms with Gasteiger partial charge in [0.2, 0.25) is 5.88 Å². The van der Waals surface area contributed by atoms with E-state index in [2.05, 4.69) is 4.98 Å². The van der Waals surface area contributed by atoms with E-state index in [1.165, 1.54) is 19.2 Å². The molecule has 1 heterocycles. The number of hydrogen-bond donors (Lipinski definition) is 0. The molecule has 0 saturated heterocycles. The van der Waals surface area contributed by atoms with Gasteiger partial charge in [-0.2, -0.15) is 0 Å². The molecule has 13 heavy (non-hydrogen) atoms. The highest BCUT2D eigenvalue weighted by Crippen LogP contribution is 2.24. The van der Waals surface area contributed by atoms with E-state index >= 15 is 0 Å². The quantitative estimate of drug-likeness (QED) is 0.711. The van der Waals surface area contributed by atoms with Gasteiger partial charge in [0, 0.05) is 11.9 Å². The van der Waals surface area contributed by atoms with Crippen LogP contribution in [0.5, 0.6) is 5.88 Å². The lowest BCUT2D eigenvalue weighted by molar-refractivity contribution is 0.144. The monoisotopic (exact) mass is 207 g/mol. The third kappa shape index (κ3) is 2.28. The molecule has 1 aromatic heterocycles. The number of hydrogen-bond acceptors (Lipinski definition) is 2. The molecule has 2 nitrogen and oxygen atoms in total. The number of nitrogens with zero attached hydrogens (tertiary/aromatic N) is 1. The Hall–Kier alpha value is -0.900. The molecule has 0 N–H and O–H groups in total. The standard InChI is InChI=1S/C8H8ClF2NO/c1-13-6-3-2-5(4-9)7(12-6)8(10)11/h2-3,8H,4H2,1H3. The normalized spacial score (nSPS) is 10.5. The van der Waals surface area contributed by atoms with Crippen molar-refractivity contribution in [2.24, 2.45) is 0 Å². The molecule has 0 saturated carbocycles.